The van der Waals surface area contributed by atoms with Crippen LogP contribution in [0.15, 0.2) is 46.9 Å². The number of thiocarbonyl (C=S) groups is 1. The van der Waals surface area contributed by atoms with Crippen LogP contribution in [0.1, 0.15) is 35.6 Å². The highest BCUT2D eigenvalue weighted by Gasteiger charge is 2.20. The van der Waals surface area contributed by atoms with E-state index in [2.05, 4.69) is 45.5 Å². The van der Waals surface area contributed by atoms with Crippen molar-refractivity contribution in [2.45, 2.75) is 25.3 Å². The Hall–Kier alpha value is -1.39. The van der Waals surface area contributed by atoms with E-state index in [4.69, 9.17) is 18.0 Å². The number of fused-ring (bicyclic) bond motifs is 1. The van der Waals surface area contributed by atoms with Crippen LogP contribution in [0.4, 0.5) is 5.69 Å². The van der Waals surface area contributed by atoms with Crippen molar-refractivity contribution >= 4 is 38.8 Å². The topological polar surface area (TPSA) is 38.0 Å². The number of hydrogen-bond donors (Lipinski definition) is 2. The SMILES string of the molecule is NC(=S)c1ccc(Br)cc1NC1CCCc2ccccc21. The molecule has 0 radical (unpaired) electrons. The molecule has 0 bridgehead atoms. The molecule has 21 heavy (non-hydrogen) atoms. The molecule has 1 aliphatic rings. The van der Waals surface area contributed by atoms with Gasteiger partial charge in [-0.25, -0.2) is 0 Å². The quantitative estimate of drug-likeness (QED) is 0.787. The molecule has 1 unspecified atom stereocenters. The van der Waals surface area contributed by atoms with E-state index in [0.717, 1.165) is 28.6 Å². The summed E-state index contributed by atoms with van der Waals surface area (Å²) in [5.74, 6) is 0. The third-order valence-corrected chi connectivity index (χ3v) is 4.66. The van der Waals surface area contributed by atoms with E-state index in [1.807, 2.05) is 18.2 Å². The van der Waals surface area contributed by atoms with E-state index < -0.39 is 0 Å². The molecular formula is C17H17BrN2S. The van der Waals surface area contributed by atoms with Crippen LogP contribution < -0.4 is 11.1 Å². The second-order valence-corrected chi connectivity index (χ2v) is 6.70. The summed E-state index contributed by atoms with van der Waals surface area (Å²) in [4.78, 5) is 0.425. The average Bonchev–Trinajstić information content (AvgIpc) is 2.47. The zero-order chi connectivity index (χ0) is 14.8. The third kappa shape index (κ3) is 3.11. The largest absolute Gasteiger partial charge is 0.389 e. The highest BCUT2D eigenvalue weighted by Crippen LogP contribution is 2.34. The zero-order valence-electron chi connectivity index (χ0n) is 11.6. The number of anilines is 1. The van der Waals surface area contributed by atoms with Gasteiger partial charge in [-0.1, -0.05) is 52.4 Å². The Labute approximate surface area is 138 Å². The molecule has 1 atom stereocenters. The first-order valence-corrected chi connectivity index (χ1v) is 8.29. The summed E-state index contributed by atoms with van der Waals surface area (Å²) in [6, 6.07) is 14.9. The molecule has 1 aliphatic carbocycles. The lowest BCUT2D eigenvalue weighted by atomic mass is 9.87. The number of aryl methyl sites for hydroxylation is 1. The van der Waals surface area contributed by atoms with Crippen LogP contribution in [0.3, 0.4) is 0 Å². The number of hydrogen-bond acceptors (Lipinski definition) is 2. The normalized spacial score (nSPS) is 17.1. The zero-order valence-corrected chi connectivity index (χ0v) is 14.0. The van der Waals surface area contributed by atoms with E-state index >= 15 is 0 Å². The number of nitrogens with one attached hydrogen (secondary N) is 1. The smallest absolute Gasteiger partial charge is 0.106 e. The van der Waals surface area contributed by atoms with E-state index in [-0.39, 0.29) is 0 Å². The minimum absolute atomic E-state index is 0.317. The maximum absolute atomic E-state index is 5.84. The van der Waals surface area contributed by atoms with Crippen molar-refractivity contribution in [2.24, 2.45) is 5.73 Å². The molecule has 108 valence electrons. The van der Waals surface area contributed by atoms with Gasteiger partial charge in [0.2, 0.25) is 0 Å². The number of rotatable bonds is 3. The van der Waals surface area contributed by atoms with Crippen molar-refractivity contribution in [3.05, 3.63) is 63.6 Å². The molecule has 0 spiro atoms. The van der Waals surface area contributed by atoms with Crippen LogP contribution in [0.25, 0.3) is 0 Å². The Morgan fingerprint density at radius 1 is 1.24 bits per heavy atom. The van der Waals surface area contributed by atoms with Gasteiger partial charge < -0.3 is 11.1 Å². The van der Waals surface area contributed by atoms with Crippen LogP contribution in [0.5, 0.6) is 0 Å². The number of benzene rings is 2. The van der Waals surface area contributed by atoms with E-state index in [1.165, 1.54) is 17.5 Å². The van der Waals surface area contributed by atoms with Gasteiger partial charge >= 0.3 is 0 Å². The van der Waals surface area contributed by atoms with Gasteiger partial charge in [-0.2, -0.15) is 0 Å². The molecule has 0 heterocycles. The summed E-state index contributed by atoms with van der Waals surface area (Å²) in [6.07, 6.45) is 3.49. The van der Waals surface area contributed by atoms with Crippen molar-refractivity contribution in [2.75, 3.05) is 5.32 Å². The average molecular weight is 361 g/mol. The van der Waals surface area contributed by atoms with E-state index in [0.29, 0.717) is 11.0 Å². The highest BCUT2D eigenvalue weighted by atomic mass is 79.9. The minimum atomic E-state index is 0.317. The van der Waals surface area contributed by atoms with Crippen LogP contribution in [0, 0.1) is 0 Å². The molecule has 0 aromatic heterocycles. The predicted molar refractivity (Wildman–Crippen MR) is 95.8 cm³/mol. The van der Waals surface area contributed by atoms with E-state index in [9.17, 15) is 0 Å². The Bertz CT molecular complexity index is 684. The van der Waals surface area contributed by atoms with Gasteiger partial charge in [-0.15, -0.1) is 0 Å². The Morgan fingerprint density at radius 2 is 2.05 bits per heavy atom. The fraction of sp³-hybridized carbons (Fsp3) is 0.235. The standard InChI is InChI=1S/C17H17BrN2S/c18-12-8-9-14(17(19)21)16(10-12)20-15-7-3-5-11-4-1-2-6-13(11)15/h1-2,4,6,8-10,15,20H,3,5,7H2,(H2,19,21). The second-order valence-electron chi connectivity index (χ2n) is 5.34. The number of nitrogens with two attached hydrogens (primary N) is 1. The lowest BCUT2D eigenvalue weighted by Crippen LogP contribution is -2.20. The Kier molecular flexibility index (Phi) is 4.27. The lowest BCUT2D eigenvalue weighted by Gasteiger charge is -2.28. The highest BCUT2D eigenvalue weighted by molar-refractivity contribution is 9.10. The Balaban J connectivity index is 1.95. The van der Waals surface area contributed by atoms with Gasteiger partial charge in [0.25, 0.3) is 0 Å². The van der Waals surface area contributed by atoms with Crippen LogP contribution in [-0.2, 0) is 6.42 Å². The molecule has 0 aliphatic heterocycles. The van der Waals surface area contributed by atoms with Gasteiger partial charge in [0, 0.05) is 15.7 Å². The maximum Gasteiger partial charge on any atom is 0.106 e. The lowest BCUT2D eigenvalue weighted by molar-refractivity contribution is 0.600. The van der Waals surface area contributed by atoms with Crippen LogP contribution >= 0.6 is 28.1 Å². The van der Waals surface area contributed by atoms with Crippen LogP contribution in [0.2, 0.25) is 0 Å². The molecule has 2 aromatic rings. The molecule has 0 saturated carbocycles. The first kappa shape index (κ1) is 14.5. The molecule has 0 saturated heterocycles. The first-order valence-electron chi connectivity index (χ1n) is 7.09. The van der Waals surface area contributed by atoms with E-state index in [1.54, 1.807) is 0 Å². The van der Waals surface area contributed by atoms with Crippen molar-refractivity contribution in [1.29, 1.82) is 0 Å². The molecule has 3 rings (SSSR count). The maximum atomic E-state index is 5.84. The fourth-order valence-electron chi connectivity index (χ4n) is 2.94. The van der Waals surface area contributed by atoms with Gasteiger partial charge in [0.05, 0.1) is 6.04 Å². The molecule has 0 amide bonds. The van der Waals surface area contributed by atoms with Crippen molar-refractivity contribution in [1.82, 2.24) is 0 Å². The number of halogens is 1. The minimum Gasteiger partial charge on any atom is -0.389 e. The molecule has 3 N–H and O–H groups in total. The molecule has 2 aromatic carbocycles. The van der Waals surface area contributed by atoms with Gasteiger partial charge in [-0.3, -0.25) is 0 Å². The van der Waals surface area contributed by atoms with Gasteiger partial charge in [-0.05, 0) is 48.6 Å². The van der Waals surface area contributed by atoms with Crippen LogP contribution in [-0.4, -0.2) is 4.99 Å². The molecule has 2 nitrogen and oxygen atoms in total. The summed E-state index contributed by atoms with van der Waals surface area (Å²) < 4.78 is 1.02. The summed E-state index contributed by atoms with van der Waals surface area (Å²) in [7, 11) is 0. The van der Waals surface area contributed by atoms with Crippen molar-refractivity contribution < 1.29 is 0 Å². The van der Waals surface area contributed by atoms with Crippen molar-refractivity contribution in [3.8, 4) is 0 Å². The Morgan fingerprint density at radius 3 is 2.86 bits per heavy atom. The first-order chi connectivity index (χ1) is 10.1. The second kappa shape index (κ2) is 6.16. The molecule has 4 heteroatoms. The predicted octanol–water partition coefficient (Wildman–Crippen LogP) is 4.57. The molecule has 0 fully saturated rings. The van der Waals surface area contributed by atoms with Gasteiger partial charge in [0.1, 0.15) is 4.99 Å². The summed E-state index contributed by atoms with van der Waals surface area (Å²) >= 11 is 8.68. The summed E-state index contributed by atoms with van der Waals surface area (Å²) in [6.45, 7) is 0. The molecular weight excluding hydrogens is 344 g/mol. The summed E-state index contributed by atoms with van der Waals surface area (Å²) in [5.41, 5.74) is 10.6. The third-order valence-electron chi connectivity index (χ3n) is 3.95. The summed E-state index contributed by atoms with van der Waals surface area (Å²) in [5, 5.41) is 3.63. The van der Waals surface area contributed by atoms with Crippen molar-refractivity contribution in [3.63, 3.8) is 0 Å². The monoisotopic (exact) mass is 360 g/mol. The van der Waals surface area contributed by atoms with Gasteiger partial charge in [0.15, 0.2) is 0 Å². The fourth-order valence-corrected chi connectivity index (χ4v) is 3.48.